The van der Waals surface area contributed by atoms with E-state index in [-0.39, 0.29) is 12.3 Å². The molecule has 1 aliphatic heterocycles. The molecular formula is C31H24ClNO3. The predicted molar refractivity (Wildman–Crippen MR) is 141 cm³/mol. The summed E-state index contributed by atoms with van der Waals surface area (Å²) in [7, 11) is 0. The van der Waals surface area contributed by atoms with Crippen LogP contribution in [-0.4, -0.2) is 17.4 Å². The molecule has 1 aliphatic rings. The summed E-state index contributed by atoms with van der Waals surface area (Å²) in [4.78, 5) is 27.5. The van der Waals surface area contributed by atoms with Crippen LogP contribution >= 0.6 is 11.6 Å². The van der Waals surface area contributed by atoms with E-state index in [1.165, 1.54) is 0 Å². The molecule has 0 spiro atoms. The van der Waals surface area contributed by atoms with Crippen molar-refractivity contribution in [2.45, 2.75) is 17.9 Å². The van der Waals surface area contributed by atoms with Crippen molar-refractivity contribution in [3.8, 4) is 0 Å². The van der Waals surface area contributed by atoms with Gasteiger partial charge >= 0.3 is 5.97 Å². The average Bonchev–Trinajstić information content (AvgIpc) is 2.92. The monoisotopic (exact) mass is 493 g/mol. The molecule has 0 fully saturated rings. The Hall–Kier alpha value is -4.15. The summed E-state index contributed by atoms with van der Waals surface area (Å²) in [5.41, 5.74) is 1.40. The van der Waals surface area contributed by atoms with Gasteiger partial charge in [0.25, 0.3) is 5.91 Å². The molecule has 1 heterocycles. The molecule has 4 nitrogen and oxygen atoms in total. The second-order valence-electron chi connectivity index (χ2n) is 8.74. The molecule has 178 valence electrons. The molecule has 4 aromatic carbocycles. The Morgan fingerprint density at radius 1 is 0.806 bits per heavy atom. The van der Waals surface area contributed by atoms with Gasteiger partial charge in [-0.1, -0.05) is 109 Å². The summed E-state index contributed by atoms with van der Waals surface area (Å²) in [5, 5.41) is 3.58. The predicted octanol–water partition coefficient (Wildman–Crippen LogP) is 6.43. The van der Waals surface area contributed by atoms with E-state index in [0.29, 0.717) is 16.3 Å². The fourth-order valence-corrected chi connectivity index (χ4v) is 4.88. The molecule has 5 rings (SSSR count). The first-order chi connectivity index (χ1) is 17.6. The van der Waals surface area contributed by atoms with E-state index in [4.69, 9.17) is 16.3 Å². The Morgan fingerprint density at radius 3 is 2.06 bits per heavy atom. The molecule has 4 aromatic rings. The van der Waals surface area contributed by atoms with Gasteiger partial charge in [0.2, 0.25) is 0 Å². The van der Waals surface area contributed by atoms with Crippen LogP contribution in [0.5, 0.6) is 0 Å². The molecule has 0 bridgehead atoms. The van der Waals surface area contributed by atoms with Crippen LogP contribution in [-0.2, 0) is 16.0 Å². The first kappa shape index (κ1) is 23.6. The van der Waals surface area contributed by atoms with Gasteiger partial charge in [0.1, 0.15) is 5.76 Å². The molecule has 5 heteroatoms. The number of halogens is 1. The highest BCUT2D eigenvalue weighted by molar-refractivity contribution is 6.31. The van der Waals surface area contributed by atoms with Gasteiger partial charge in [-0.15, -0.1) is 0 Å². The minimum atomic E-state index is -1.43. The van der Waals surface area contributed by atoms with Gasteiger partial charge in [-0.25, -0.2) is 4.79 Å². The maximum Gasteiger partial charge on any atom is 0.338 e. The van der Waals surface area contributed by atoms with Crippen LogP contribution in [0.2, 0.25) is 5.02 Å². The number of ether oxygens (including phenoxy) is 1. The van der Waals surface area contributed by atoms with Crippen molar-refractivity contribution in [3.63, 3.8) is 0 Å². The van der Waals surface area contributed by atoms with Gasteiger partial charge in [-0.3, -0.25) is 4.79 Å². The number of esters is 1. The van der Waals surface area contributed by atoms with Crippen LogP contribution in [0.3, 0.4) is 0 Å². The highest BCUT2D eigenvalue weighted by Crippen LogP contribution is 2.43. The minimum absolute atomic E-state index is 0.222. The Morgan fingerprint density at radius 2 is 1.39 bits per heavy atom. The van der Waals surface area contributed by atoms with Crippen LogP contribution in [0.25, 0.3) is 5.76 Å². The lowest BCUT2D eigenvalue weighted by molar-refractivity contribution is -0.145. The molecule has 0 saturated heterocycles. The summed E-state index contributed by atoms with van der Waals surface area (Å²) in [6, 6.07) is 35.3. The third kappa shape index (κ3) is 4.68. The van der Waals surface area contributed by atoms with Gasteiger partial charge in [0, 0.05) is 28.5 Å². The molecule has 2 atom stereocenters. The lowest BCUT2D eigenvalue weighted by Crippen LogP contribution is -2.61. The molecular weight excluding hydrogens is 470 g/mol. The molecule has 1 N–H and O–H groups in total. The van der Waals surface area contributed by atoms with Crippen molar-refractivity contribution in [3.05, 3.63) is 149 Å². The van der Waals surface area contributed by atoms with E-state index in [9.17, 15) is 9.59 Å². The van der Waals surface area contributed by atoms with Crippen LogP contribution in [0, 0.1) is 0 Å². The molecule has 0 radical (unpaired) electrons. The summed E-state index contributed by atoms with van der Waals surface area (Å²) >= 11 is 6.69. The molecule has 0 aromatic heterocycles. The zero-order valence-electron chi connectivity index (χ0n) is 19.4. The SMILES string of the molecule is O=C(N[C@]1(Cc2ccccc2)C(=O)OC(c2ccccc2)=C[C@@H]1c1ccccc1Cl)c1ccccc1. The second-order valence-corrected chi connectivity index (χ2v) is 9.15. The van der Waals surface area contributed by atoms with E-state index in [2.05, 4.69) is 5.32 Å². The van der Waals surface area contributed by atoms with Crippen molar-refractivity contribution >= 4 is 29.2 Å². The number of carbonyl (C=O) groups excluding carboxylic acids is 2. The fourth-order valence-electron chi connectivity index (χ4n) is 4.62. The van der Waals surface area contributed by atoms with Gasteiger partial charge in [0.15, 0.2) is 5.54 Å². The number of carbonyl (C=O) groups is 2. The average molecular weight is 494 g/mol. The number of benzene rings is 4. The van der Waals surface area contributed by atoms with Gasteiger partial charge in [0.05, 0.1) is 0 Å². The summed E-state index contributed by atoms with van der Waals surface area (Å²) in [5.74, 6) is -1.06. The molecule has 1 amide bonds. The van der Waals surface area contributed by atoms with Crippen molar-refractivity contribution in [2.75, 3.05) is 0 Å². The lowest BCUT2D eigenvalue weighted by Gasteiger charge is -2.42. The Labute approximate surface area is 215 Å². The number of amides is 1. The number of hydrogen-bond donors (Lipinski definition) is 1. The molecule has 0 unspecified atom stereocenters. The van der Waals surface area contributed by atoms with Crippen LogP contribution in [0.15, 0.2) is 121 Å². The van der Waals surface area contributed by atoms with Crippen molar-refractivity contribution in [1.82, 2.24) is 5.32 Å². The first-order valence-corrected chi connectivity index (χ1v) is 12.1. The van der Waals surface area contributed by atoms with E-state index in [1.54, 1.807) is 30.3 Å². The number of cyclic esters (lactones) is 1. The first-order valence-electron chi connectivity index (χ1n) is 11.7. The maximum atomic E-state index is 14.0. The largest absolute Gasteiger partial charge is 0.424 e. The number of nitrogens with one attached hydrogen (secondary N) is 1. The van der Waals surface area contributed by atoms with Crippen LogP contribution in [0.4, 0.5) is 0 Å². The molecule has 0 saturated carbocycles. The molecule has 0 aliphatic carbocycles. The number of hydrogen-bond acceptors (Lipinski definition) is 3. The summed E-state index contributed by atoms with van der Waals surface area (Å²) in [6.07, 6.45) is 2.12. The van der Waals surface area contributed by atoms with Crippen molar-refractivity contribution < 1.29 is 14.3 Å². The summed E-state index contributed by atoms with van der Waals surface area (Å²) in [6.45, 7) is 0. The summed E-state index contributed by atoms with van der Waals surface area (Å²) < 4.78 is 5.95. The fraction of sp³-hybridized carbons (Fsp3) is 0.0968. The van der Waals surface area contributed by atoms with Crippen molar-refractivity contribution in [1.29, 1.82) is 0 Å². The normalized spacial score (nSPS) is 19.2. The third-order valence-corrected chi connectivity index (χ3v) is 6.76. The smallest absolute Gasteiger partial charge is 0.338 e. The number of rotatable bonds is 6. The Kier molecular flexibility index (Phi) is 6.70. The standard InChI is InChI=1S/C31H24ClNO3/c32-27-19-11-10-18-25(27)26-20-28(23-14-6-2-7-15-23)36-30(35)31(26,21-22-12-4-1-5-13-22)33-29(34)24-16-8-3-9-17-24/h1-20,26H,21H2,(H,33,34)/t26-,31+/m1/s1. The van der Waals surface area contributed by atoms with Crippen LogP contribution in [0.1, 0.15) is 33.0 Å². The third-order valence-electron chi connectivity index (χ3n) is 6.41. The van der Waals surface area contributed by atoms with E-state index >= 15 is 0 Å². The minimum Gasteiger partial charge on any atom is -0.424 e. The van der Waals surface area contributed by atoms with Gasteiger partial charge < -0.3 is 10.1 Å². The zero-order chi connectivity index (χ0) is 25.0. The highest BCUT2D eigenvalue weighted by Gasteiger charge is 2.52. The van der Waals surface area contributed by atoms with Gasteiger partial charge in [-0.05, 0) is 35.4 Å². The van der Waals surface area contributed by atoms with E-state index in [0.717, 1.165) is 16.7 Å². The van der Waals surface area contributed by atoms with Crippen molar-refractivity contribution in [2.24, 2.45) is 0 Å². The van der Waals surface area contributed by atoms with Crippen LogP contribution < -0.4 is 5.32 Å². The van der Waals surface area contributed by atoms with E-state index < -0.39 is 17.4 Å². The molecule has 36 heavy (non-hydrogen) atoms. The Balaban J connectivity index is 1.70. The Bertz CT molecular complexity index is 1400. The quantitative estimate of drug-likeness (QED) is 0.315. The van der Waals surface area contributed by atoms with Gasteiger partial charge in [-0.2, -0.15) is 0 Å². The lowest BCUT2D eigenvalue weighted by atomic mass is 9.73. The zero-order valence-corrected chi connectivity index (χ0v) is 20.2. The maximum absolute atomic E-state index is 14.0. The van der Waals surface area contributed by atoms with E-state index in [1.807, 2.05) is 91.0 Å². The topological polar surface area (TPSA) is 55.4 Å². The second kappa shape index (κ2) is 10.2. The highest BCUT2D eigenvalue weighted by atomic mass is 35.5.